The molecule has 7 heteroatoms. The summed E-state index contributed by atoms with van der Waals surface area (Å²) in [5, 5.41) is 5.51. The van der Waals surface area contributed by atoms with Gasteiger partial charge < -0.3 is 20.1 Å². The molecule has 0 aliphatic carbocycles. The van der Waals surface area contributed by atoms with Gasteiger partial charge in [0.2, 0.25) is 5.91 Å². The summed E-state index contributed by atoms with van der Waals surface area (Å²) in [6.45, 7) is 7.75. The van der Waals surface area contributed by atoms with Gasteiger partial charge in [-0.2, -0.15) is 0 Å². The summed E-state index contributed by atoms with van der Waals surface area (Å²) in [4.78, 5) is 26.5. The van der Waals surface area contributed by atoms with Crippen LogP contribution in [-0.4, -0.2) is 68.8 Å². The highest BCUT2D eigenvalue weighted by molar-refractivity contribution is 5.98. The quantitative estimate of drug-likeness (QED) is 0.756. The Labute approximate surface area is 148 Å². The number of hydrogen-bond acceptors (Lipinski definition) is 5. The van der Waals surface area contributed by atoms with Gasteiger partial charge in [0.15, 0.2) is 0 Å². The van der Waals surface area contributed by atoms with Crippen LogP contribution in [0.25, 0.3) is 0 Å². The first-order chi connectivity index (χ1) is 11.9. The number of morpholine rings is 1. The summed E-state index contributed by atoms with van der Waals surface area (Å²) in [6, 6.07) is 6.91. The highest BCUT2D eigenvalue weighted by atomic mass is 16.5. The zero-order chi connectivity index (χ0) is 18.3. The van der Waals surface area contributed by atoms with E-state index in [1.54, 1.807) is 24.3 Å². The van der Waals surface area contributed by atoms with Gasteiger partial charge in [-0.05, 0) is 26.0 Å². The Morgan fingerprint density at radius 2 is 1.88 bits per heavy atom. The summed E-state index contributed by atoms with van der Waals surface area (Å²) in [7, 11) is 1.51. The normalized spacial score (nSPS) is 15.5. The molecule has 0 radical (unpaired) electrons. The van der Waals surface area contributed by atoms with E-state index in [1.165, 1.54) is 7.11 Å². The maximum Gasteiger partial charge on any atom is 0.255 e. The van der Waals surface area contributed by atoms with E-state index in [0.717, 1.165) is 13.1 Å². The molecule has 0 spiro atoms. The predicted octanol–water partition coefficient (Wildman–Crippen LogP) is 0.652. The Balaban J connectivity index is 1.79. The van der Waals surface area contributed by atoms with Crippen molar-refractivity contribution in [2.45, 2.75) is 19.4 Å². The van der Waals surface area contributed by atoms with Crippen LogP contribution in [0.2, 0.25) is 0 Å². The van der Waals surface area contributed by atoms with Gasteiger partial charge in [-0.15, -0.1) is 0 Å². The molecule has 1 fully saturated rings. The lowest BCUT2D eigenvalue weighted by Crippen LogP contribution is -2.56. The van der Waals surface area contributed by atoms with Crippen LogP contribution in [0.1, 0.15) is 24.2 Å². The number of benzene rings is 1. The third kappa shape index (κ3) is 5.44. The predicted molar refractivity (Wildman–Crippen MR) is 94.8 cm³/mol. The van der Waals surface area contributed by atoms with Crippen LogP contribution in [0.15, 0.2) is 24.3 Å². The van der Waals surface area contributed by atoms with E-state index in [0.29, 0.717) is 31.1 Å². The van der Waals surface area contributed by atoms with Crippen molar-refractivity contribution >= 4 is 11.8 Å². The van der Waals surface area contributed by atoms with Gasteiger partial charge in [0.25, 0.3) is 5.91 Å². The molecule has 138 valence electrons. The minimum absolute atomic E-state index is 0.0733. The van der Waals surface area contributed by atoms with Crippen molar-refractivity contribution < 1.29 is 19.1 Å². The van der Waals surface area contributed by atoms with Crippen LogP contribution in [-0.2, 0) is 9.53 Å². The Morgan fingerprint density at radius 1 is 1.20 bits per heavy atom. The van der Waals surface area contributed by atoms with Gasteiger partial charge in [0, 0.05) is 25.2 Å². The van der Waals surface area contributed by atoms with Crippen molar-refractivity contribution in [1.82, 2.24) is 15.5 Å². The van der Waals surface area contributed by atoms with Crippen molar-refractivity contribution in [1.29, 1.82) is 0 Å². The number of ether oxygens (including phenoxy) is 2. The fourth-order valence-corrected chi connectivity index (χ4v) is 2.75. The lowest BCUT2D eigenvalue weighted by atomic mass is 10.0. The van der Waals surface area contributed by atoms with E-state index in [2.05, 4.69) is 29.4 Å². The second kappa shape index (κ2) is 8.82. The topological polar surface area (TPSA) is 79.9 Å². The molecule has 2 rings (SSSR count). The molecule has 1 aromatic carbocycles. The van der Waals surface area contributed by atoms with Crippen LogP contribution < -0.4 is 15.4 Å². The van der Waals surface area contributed by atoms with Gasteiger partial charge >= 0.3 is 0 Å². The van der Waals surface area contributed by atoms with Crippen LogP contribution >= 0.6 is 0 Å². The second-order valence-corrected chi connectivity index (χ2v) is 6.57. The van der Waals surface area contributed by atoms with Gasteiger partial charge in [0.05, 0.1) is 32.4 Å². The van der Waals surface area contributed by atoms with Crippen LogP contribution in [0.4, 0.5) is 0 Å². The molecule has 1 aliphatic heterocycles. The average molecular weight is 349 g/mol. The maximum absolute atomic E-state index is 12.2. The van der Waals surface area contributed by atoms with Crippen molar-refractivity contribution in [3.05, 3.63) is 29.8 Å². The van der Waals surface area contributed by atoms with Gasteiger partial charge in [0.1, 0.15) is 5.75 Å². The standard InChI is InChI=1S/C18H27N3O4/c1-18(2,21-8-10-25-11-9-21)13-20-16(22)12-19-17(23)14-6-4-5-7-15(14)24-3/h4-7H,8-13H2,1-3H3,(H,19,23)(H,20,22). The summed E-state index contributed by atoms with van der Waals surface area (Å²) >= 11 is 0. The minimum atomic E-state index is -0.333. The highest BCUT2D eigenvalue weighted by Gasteiger charge is 2.28. The molecule has 2 amide bonds. The number of nitrogens with one attached hydrogen (secondary N) is 2. The molecule has 0 saturated carbocycles. The molecular weight excluding hydrogens is 322 g/mol. The number of rotatable bonds is 7. The van der Waals surface area contributed by atoms with Crippen LogP contribution in [0.3, 0.4) is 0 Å². The maximum atomic E-state index is 12.2. The Kier molecular flexibility index (Phi) is 6.78. The number of carbonyl (C=O) groups is 2. The number of amides is 2. The summed E-state index contributed by atoms with van der Waals surface area (Å²) in [5.74, 6) is -0.0709. The van der Waals surface area contributed by atoms with Crippen molar-refractivity contribution in [2.75, 3.05) is 46.5 Å². The second-order valence-electron chi connectivity index (χ2n) is 6.57. The lowest BCUT2D eigenvalue weighted by molar-refractivity contribution is -0.120. The zero-order valence-corrected chi connectivity index (χ0v) is 15.1. The highest BCUT2D eigenvalue weighted by Crippen LogP contribution is 2.17. The molecule has 0 bridgehead atoms. The number of methoxy groups -OCH3 is 1. The fraction of sp³-hybridized carbons (Fsp3) is 0.556. The number of para-hydroxylation sites is 1. The van der Waals surface area contributed by atoms with Gasteiger partial charge in [-0.1, -0.05) is 12.1 Å². The largest absolute Gasteiger partial charge is 0.496 e. The monoisotopic (exact) mass is 349 g/mol. The first kappa shape index (κ1) is 19.2. The van der Waals surface area contributed by atoms with E-state index in [1.807, 2.05) is 0 Å². The molecular formula is C18H27N3O4. The number of carbonyl (C=O) groups excluding carboxylic acids is 2. The minimum Gasteiger partial charge on any atom is -0.496 e. The first-order valence-electron chi connectivity index (χ1n) is 8.45. The molecule has 0 unspecified atom stereocenters. The van der Waals surface area contributed by atoms with E-state index >= 15 is 0 Å². The molecule has 2 N–H and O–H groups in total. The van der Waals surface area contributed by atoms with Crippen LogP contribution in [0, 0.1) is 0 Å². The van der Waals surface area contributed by atoms with Crippen LogP contribution in [0.5, 0.6) is 5.75 Å². The van der Waals surface area contributed by atoms with Crippen molar-refractivity contribution in [2.24, 2.45) is 0 Å². The van der Waals surface area contributed by atoms with E-state index in [9.17, 15) is 9.59 Å². The van der Waals surface area contributed by atoms with E-state index < -0.39 is 0 Å². The Hall–Kier alpha value is -2.12. The van der Waals surface area contributed by atoms with Crippen molar-refractivity contribution in [3.63, 3.8) is 0 Å². The molecule has 1 aromatic rings. The molecule has 1 heterocycles. The number of hydrogen-bond donors (Lipinski definition) is 2. The molecule has 25 heavy (non-hydrogen) atoms. The summed E-state index contributed by atoms with van der Waals surface area (Å²) in [6.07, 6.45) is 0. The Morgan fingerprint density at radius 3 is 2.56 bits per heavy atom. The summed E-state index contributed by atoms with van der Waals surface area (Å²) < 4.78 is 10.5. The molecule has 0 atom stereocenters. The van der Waals surface area contributed by atoms with Gasteiger partial charge in [-0.3, -0.25) is 14.5 Å². The summed E-state index contributed by atoms with van der Waals surface area (Å²) in [5.41, 5.74) is 0.248. The zero-order valence-electron chi connectivity index (χ0n) is 15.1. The van der Waals surface area contributed by atoms with E-state index in [4.69, 9.17) is 9.47 Å². The van der Waals surface area contributed by atoms with Crippen molar-refractivity contribution in [3.8, 4) is 5.75 Å². The SMILES string of the molecule is COc1ccccc1C(=O)NCC(=O)NCC(C)(C)N1CCOCC1. The van der Waals surface area contributed by atoms with E-state index in [-0.39, 0.29) is 23.9 Å². The molecule has 1 aliphatic rings. The van der Waals surface area contributed by atoms with Gasteiger partial charge in [-0.25, -0.2) is 0 Å². The lowest BCUT2D eigenvalue weighted by Gasteiger charge is -2.40. The Bertz CT molecular complexity index is 598. The third-order valence-corrected chi connectivity index (χ3v) is 4.35. The number of nitrogens with zero attached hydrogens (tertiary/aromatic N) is 1. The molecule has 1 saturated heterocycles. The fourth-order valence-electron chi connectivity index (χ4n) is 2.75. The smallest absolute Gasteiger partial charge is 0.255 e. The first-order valence-corrected chi connectivity index (χ1v) is 8.45. The third-order valence-electron chi connectivity index (χ3n) is 4.35. The molecule has 7 nitrogen and oxygen atoms in total. The molecule has 0 aromatic heterocycles. The average Bonchev–Trinajstić information content (AvgIpc) is 2.65.